The van der Waals surface area contributed by atoms with Crippen LogP contribution < -0.4 is 9.64 Å². The van der Waals surface area contributed by atoms with Gasteiger partial charge in [0.2, 0.25) is 0 Å². The number of imidazole rings is 1. The van der Waals surface area contributed by atoms with Gasteiger partial charge in [-0.25, -0.2) is 0 Å². The number of pyridine rings is 1. The van der Waals surface area contributed by atoms with Crippen LogP contribution in [0.15, 0.2) is 188 Å². The molecule has 0 bridgehead atoms. The van der Waals surface area contributed by atoms with Crippen molar-refractivity contribution in [3.63, 3.8) is 0 Å². The maximum atomic E-state index is 9.69. The SMILES string of the molecule is [2H]c1c([2H])c([2H])c(-c2cc(C(C)(C)C)cc(-c3cc(C(C)(C)C)cc(C(C)(C)C)c3)c2-n2[c](=[Pt])n3c4c(cccc42)CCN(c2ccccc2)c2ccc(Oc4ccc5c6ccccc6n(-c6cc(C(C)(C)C)ccn6)c5c4)cc2-3)c([2H])c1[2H]. The Kier molecular flexibility index (Phi) is 11.4. The fraction of sp³-hybridized carbons (Fsp3) is 0.250. The Labute approximate surface area is 484 Å². The molecule has 6 nitrogen and oxygen atoms in total. The summed E-state index contributed by atoms with van der Waals surface area (Å²) < 4.78 is 61.2. The third kappa shape index (κ3) is 9.50. The van der Waals surface area contributed by atoms with E-state index in [0.717, 1.165) is 87.5 Å². The van der Waals surface area contributed by atoms with Crippen LogP contribution in [0.2, 0.25) is 0 Å². The molecule has 0 saturated carbocycles. The molecule has 12 rings (SSSR count). The van der Waals surface area contributed by atoms with Gasteiger partial charge in [0, 0.05) is 6.20 Å². The molecule has 0 atom stereocenters. The van der Waals surface area contributed by atoms with Gasteiger partial charge in [0.25, 0.3) is 0 Å². The van der Waals surface area contributed by atoms with Crippen molar-refractivity contribution in [2.75, 3.05) is 11.4 Å². The summed E-state index contributed by atoms with van der Waals surface area (Å²) in [6.07, 6.45) is 2.61. The average Bonchev–Trinajstić information content (AvgIpc) is 2.53. The minimum atomic E-state index is -0.431. The van der Waals surface area contributed by atoms with Gasteiger partial charge in [-0.15, -0.1) is 0 Å². The molecule has 0 spiro atoms. The number of anilines is 2. The van der Waals surface area contributed by atoms with Crippen LogP contribution in [-0.4, -0.2) is 25.2 Å². The van der Waals surface area contributed by atoms with Gasteiger partial charge in [0.05, 0.1) is 0 Å². The Bertz CT molecular complexity index is 4480. The third-order valence-electron chi connectivity index (χ3n) is 15.7. The van der Waals surface area contributed by atoms with Crippen LogP contribution in [0.1, 0.15) is 118 Å². The van der Waals surface area contributed by atoms with Crippen molar-refractivity contribution >= 4 is 44.2 Å². The van der Waals surface area contributed by atoms with E-state index < -0.39 is 11.5 Å². The van der Waals surface area contributed by atoms with Gasteiger partial charge in [-0.1, -0.05) is 32.9 Å². The zero-order valence-electron chi connectivity index (χ0n) is 52.4. The predicted molar refractivity (Wildman–Crippen MR) is 327 cm³/mol. The summed E-state index contributed by atoms with van der Waals surface area (Å²) in [6, 6.07) is 52.1. The van der Waals surface area contributed by atoms with Crippen LogP contribution >= 0.6 is 0 Å². The van der Waals surface area contributed by atoms with Gasteiger partial charge < -0.3 is 0 Å². The van der Waals surface area contributed by atoms with E-state index in [4.69, 9.17) is 13.8 Å². The Morgan fingerprint density at radius 1 is 0.494 bits per heavy atom. The quantitative estimate of drug-likeness (QED) is 0.160. The number of para-hydroxylation sites is 3. The fourth-order valence-corrected chi connectivity index (χ4v) is 12.3. The number of rotatable bonds is 7. The van der Waals surface area contributed by atoms with Gasteiger partial charge in [0.15, 0.2) is 0 Å². The predicted octanol–water partition coefficient (Wildman–Crippen LogP) is 19.0. The molecule has 0 saturated heterocycles. The second-order valence-corrected chi connectivity index (χ2v) is 26.4. The van der Waals surface area contributed by atoms with Crippen molar-refractivity contribution in [2.24, 2.45) is 0 Å². The average molecular weight is 1220 g/mol. The summed E-state index contributed by atoms with van der Waals surface area (Å²) in [6.45, 7) is 27.3. The van der Waals surface area contributed by atoms with Gasteiger partial charge in [-0.3, -0.25) is 0 Å². The first-order valence-electron chi connectivity index (χ1n) is 30.0. The van der Waals surface area contributed by atoms with Crippen LogP contribution in [-0.2, 0) is 47.4 Å². The number of nitrogens with zero attached hydrogens (tertiary/aromatic N) is 5. The first-order chi connectivity index (χ1) is 39.7. The molecule has 0 aliphatic carbocycles. The summed E-state index contributed by atoms with van der Waals surface area (Å²) in [4.78, 5) is 7.34. The monoisotopic (exact) mass is 1220 g/mol. The molecule has 7 heteroatoms. The molecule has 8 aromatic carbocycles. The van der Waals surface area contributed by atoms with E-state index in [1.54, 1.807) is 0 Å². The van der Waals surface area contributed by atoms with E-state index >= 15 is 0 Å². The Hall–Kier alpha value is -7.53. The van der Waals surface area contributed by atoms with Gasteiger partial charge in [0.1, 0.15) is 0 Å². The van der Waals surface area contributed by atoms with Crippen molar-refractivity contribution in [3.05, 3.63) is 220 Å². The van der Waals surface area contributed by atoms with Crippen LogP contribution in [0.5, 0.6) is 11.5 Å². The normalized spacial score (nSPS) is 14.2. The standard InChI is InChI=1S/C72H71N5O.Pt/c1-69(2,3)50-34-36-73-66(43-50)77-61-28-20-19-27-57(61)58-32-30-55(44-64(58)77)78-56-31-33-62-65(45-56)76-46-75(63-29-21-24-48(67(63)76)35-37-74(62)54-25-17-14-18-26-54)68-59(47-22-15-13-16-23-47)41-53(72(10,11)12)42-60(68)49-38-51(70(4,5)6)40-52(39-49)71(7,8)9;/h13-34,36,38-45H,35,37H2,1-12H3;/i13D,15D,16D,22D,23D;. The second-order valence-electron chi connectivity index (χ2n) is 25.3. The van der Waals surface area contributed by atoms with Crippen LogP contribution in [0.4, 0.5) is 11.4 Å². The van der Waals surface area contributed by atoms with E-state index in [9.17, 15) is 2.74 Å². The molecule has 3 aromatic heterocycles. The van der Waals surface area contributed by atoms with Crippen LogP contribution in [0.25, 0.3) is 72.3 Å². The molecule has 0 radical (unpaired) electrons. The number of hydrogen-bond donors (Lipinski definition) is 0. The first-order valence-corrected chi connectivity index (χ1v) is 28.6. The molecule has 79 heavy (non-hydrogen) atoms. The molecule has 400 valence electrons. The molecule has 11 aromatic rings. The number of benzene rings is 8. The second kappa shape index (κ2) is 19.4. The minimum absolute atomic E-state index is 0.0753. The summed E-state index contributed by atoms with van der Waals surface area (Å²) in [5, 5.41) is 2.23. The molecule has 0 amide bonds. The van der Waals surface area contributed by atoms with E-state index in [0.29, 0.717) is 30.0 Å². The summed E-state index contributed by atoms with van der Waals surface area (Å²) >= 11 is 2.47. The van der Waals surface area contributed by atoms with Gasteiger partial charge >= 0.3 is 431 Å². The molecular formula is C72H71N5OPt. The van der Waals surface area contributed by atoms with E-state index in [1.165, 1.54) is 16.7 Å². The fourth-order valence-electron chi connectivity index (χ4n) is 11.3. The van der Waals surface area contributed by atoms with E-state index in [2.05, 4.69) is 267 Å². The summed E-state index contributed by atoms with van der Waals surface area (Å²) in [5.74, 6) is 2.16. The number of hydrogen-bond acceptors (Lipinski definition) is 3. The van der Waals surface area contributed by atoms with Crippen molar-refractivity contribution < 1.29 is 30.9 Å². The summed E-state index contributed by atoms with van der Waals surface area (Å²) in [7, 11) is 0. The topological polar surface area (TPSA) is 40.1 Å². The van der Waals surface area contributed by atoms with Crippen molar-refractivity contribution in [2.45, 2.75) is 111 Å². The maximum absolute atomic E-state index is 9.69. The Morgan fingerprint density at radius 2 is 1.10 bits per heavy atom. The molecule has 0 unspecified atom stereocenters. The first kappa shape index (κ1) is 46.4. The zero-order chi connectivity index (χ0) is 59.7. The summed E-state index contributed by atoms with van der Waals surface area (Å²) in [5.41, 5.74) is 14.9. The van der Waals surface area contributed by atoms with E-state index in [-0.39, 0.29) is 46.0 Å². The Balaban J connectivity index is 1.16. The number of fused-ring (bicyclic) bond motifs is 5. The number of ether oxygens (including phenoxy) is 1. The van der Waals surface area contributed by atoms with Crippen molar-refractivity contribution in [3.8, 4) is 50.9 Å². The molecule has 4 heterocycles. The van der Waals surface area contributed by atoms with Crippen LogP contribution in [0, 0.1) is 3.80 Å². The van der Waals surface area contributed by atoms with E-state index in [1.807, 2.05) is 12.3 Å². The van der Waals surface area contributed by atoms with Crippen molar-refractivity contribution in [1.82, 2.24) is 18.7 Å². The third-order valence-corrected chi connectivity index (χ3v) is 16.7. The number of aromatic nitrogens is 4. The van der Waals surface area contributed by atoms with Gasteiger partial charge in [-0.05, 0) is 17.0 Å². The van der Waals surface area contributed by atoms with Crippen molar-refractivity contribution in [1.29, 1.82) is 0 Å². The Morgan fingerprint density at radius 3 is 1.80 bits per heavy atom. The molecular weight excluding hydrogens is 1150 g/mol. The molecule has 0 N–H and O–H groups in total. The molecule has 0 fully saturated rings. The van der Waals surface area contributed by atoms with Crippen LogP contribution in [0.3, 0.4) is 0 Å². The molecule has 1 aliphatic heterocycles. The van der Waals surface area contributed by atoms with Gasteiger partial charge in [-0.2, -0.15) is 0 Å². The molecule has 1 aliphatic rings. The zero-order valence-corrected chi connectivity index (χ0v) is 49.7.